The lowest BCUT2D eigenvalue weighted by atomic mass is 10.1. The minimum atomic E-state index is -0.287. The van der Waals surface area contributed by atoms with E-state index in [0.29, 0.717) is 52.1 Å². The Hall–Kier alpha value is -4.78. The fraction of sp³-hybridized carbons (Fsp3) is 0.0714. The summed E-state index contributed by atoms with van der Waals surface area (Å²) in [5.74, 6) is 2.39. The maximum Gasteiger partial charge on any atom is 0.259 e. The van der Waals surface area contributed by atoms with Gasteiger partial charge in [0.1, 0.15) is 23.0 Å². The Morgan fingerprint density at radius 3 is 2.49 bits per heavy atom. The Bertz CT molecular complexity index is 1420. The lowest BCUT2D eigenvalue weighted by molar-refractivity contribution is 0.0949. The van der Waals surface area contributed by atoms with E-state index >= 15 is 0 Å². The minimum Gasteiger partial charge on any atom is -0.497 e. The molecule has 0 radical (unpaired) electrons. The number of hydrogen-bond donors (Lipinski definition) is 2. The van der Waals surface area contributed by atoms with Crippen molar-refractivity contribution in [3.63, 3.8) is 0 Å². The van der Waals surface area contributed by atoms with Gasteiger partial charge in [0.15, 0.2) is 5.75 Å². The van der Waals surface area contributed by atoms with E-state index in [-0.39, 0.29) is 11.8 Å². The van der Waals surface area contributed by atoms with Gasteiger partial charge in [0.2, 0.25) is 0 Å². The molecule has 4 aromatic carbocycles. The standard InChI is InChI=1S/C28H22N2O5/c1-33-20-7-5-9-22(16-20)34-21-8-4-6-18(14-21)17-29-27(31)19-12-13-26-24(15-19)30-28(32)23-10-2-3-11-25(23)35-26/h2-16H,17H2,1H3,(H,29,31)(H,30,32). The zero-order valence-electron chi connectivity index (χ0n) is 18.9. The van der Waals surface area contributed by atoms with Gasteiger partial charge in [0, 0.05) is 18.2 Å². The number of para-hydroxylation sites is 1. The van der Waals surface area contributed by atoms with E-state index in [1.165, 1.54) is 0 Å². The Balaban J connectivity index is 1.26. The molecule has 174 valence electrons. The number of ether oxygens (including phenoxy) is 3. The quantitative estimate of drug-likeness (QED) is 0.376. The van der Waals surface area contributed by atoms with Gasteiger partial charge in [-0.05, 0) is 60.2 Å². The summed E-state index contributed by atoms with van der Waals surface area (Å²) in [7, 11) is 1.60. The van der Waals surface area contributed by atoms with Crippen LogP contribution in [-0.4, -0.2) is 18.9 Å². The Morgan fingerprint density at radius 2 is 1.63 bits per heavy atom. The Kier molecular flexibility index (Phi) is 6.05. The second kappa shape index (κ2) is 9.61. The van der Waals surface area contributed by atoms with Crippen molar-refractivity contribution in [2.45, 2.75) is 6.54 Å². The van der Waals surface area contributed by atoms with E-state index in [0.717, 1.165) is 5.56 Å². The van der Waals surface area contributed by atoms with E-state index in [4.69, 9.17) is 14.2 Å². The SMILES string of the molecule is COc1cccc(Oc2cccc(CNC(=O)c3ccc4c(c3)NC(=O)c3ccccc3O4)c2)c1. The minimum absolute atomic E-state index is 0.275. The van der Waals surface area contributed by atoms with Crippen LogP contribution < -0.4 is 24.8 Å². The van der Waals surface area contributed by atoms with E-state index in [1.54, 1.807) is 55.6 Å². The predicted octanol–water partition coefficient (Wildman–Crippen LogP) is 5.78. The first-order chi connectivity index (χ1) is 17.1. The summed E-state index contributed by atoms with van der Waals surface area (Å²) in [5.41, 5.74) is 2.15. The number of methoxy groups -OCH3 is 1. The second-order valence-corrected chi connectivity index (χ2v) is 7.87. The number of nitrogens with one attached hydrogen (secondary N) is 2. The molecule has 2 N–H and O–H groups in total. The molecule has 4 aromatic rings. The van der Waals surface area contributed by atoms with Gasteiger partial charge in [0.05, 0.1) is 18.4 Å². The predicted molar refractivity (Wildman–Crippen MR) is 132 cm³/mol. The average Bonchev–Trinajstić information content (AvgIpc) is 3.03. The number of amides is 2. The van der Waals surface area contributed by atoms with Crippen LogP contribution in [-0.2, 0) is 6.54 Å². The topological polar surface area (TPSA) is 85.9 Å². The Labute approximate surface area is 202 Å². The first kappa shape index (κ1) is 22.0. The number of hydrogen-bond acceptors (Lipinski definition) is 5. The third-order valence-corrected chi connectivity index (χ3v) is 5.47. The van der Waals surface area contributed by atoms with Crippen LogP contribution in [0.3, 0.4) is 0 Å². The van der Waals surface area contributed by atoms with E-state index < -0.39 is 0 Å². The molecule has 1 aliphatic heterocycles. The summed E-state index contributed by atoms with van der Waals surface area (Å²) in [4.78, 5) is 25.4. The molecule has 7 heteroatoms. The van der Waals surface area contributed by atoms with Gasteiger partial charge in [-0.1, -0.05) is 30.3 Å². The number of fused-ring (bicyclic) bond motifs is 2. The number of anilines is 1. The van der Waals surface area contributed by atoms with Crippen LogP contribution in [0.1, 0.15) is 26.3 Å². The fourth-order valence-corrected chi connectivity index (χ4v) is 3.71. The normalized spacial score (nSPS) is 11.7. The molecule has 0 spiro atoms. The van der Waals surface area contributed by atoms with Gasteiger partial charge in [-0.2, -0.15) is 0 Å². The van der Waals surface area contributed by atoms with E-state index in [1.807, 2.05) is 42.5 Å². The molecular weight excluding hydrogens is 444 g/mol. The van der Waals surface area contributed by atoms with Crippen molar-refractivity contribution < 1.29 is 23.8 Å². The van der Waals surface area contributed by atoms with Crippen molar-refractivity contribution in [1.29, 1.82) is 0 Å². The maximum atomic E-state index is 12.8. The maximum absolute atomic E-state index is 12.8. The first-order valence-corrected chi connectivity index (χ1v) is 11.0. The smallest absolute Gasteiger partial charge is 0.259 e. The molecule has 0 aliphatic carbocycles. The third-order valence-electron chi connectivity index (χ3n) is 5.47. The zero-order valence-corrected chi connectivity index (χ0v) is 18.9. The number of benzene rings is 4. The molecule has 2 amide bonds. The summed E-state index contributed by atoms with van der Waals surface area (Å²) in [6.45, 7) is 0.305. The lowest BCUT2D eigenvalue weighted by Gasteiger charge is -2.11. The highest BCUT2D eigenvalue weighted by Gasteiger charge is 2.21. The van der Waals surface area contributed by atoms with Crippen molar-refractivity contribution in [2.75, 3.05) is 12.4 Å². The molecule has 0 fully saturated rings. The molecule has 0 saturated heterocycles. The molecule has 1 aliphatic rings. The molecule has 0 aromatic heterocycles. The monoisotopic (exact) mass is 466 g/mol. The van der Waals surface area contributed by atoms with Crippen LogP contribution in [0.5, 0.6) is 28.7 Å². The summed E-state index contributed by atoms with van der Waals surface area (Å²) < 4.78 is 17.0. The largest absolute Gasteiger partial charge is 0.497 e. The highest BCUT2D eigenvalue weighted by atomic mass is 16.5. The number of carbonyl (C=O) groups is 2. The van der Waals surface area contributed by atoms with Crippen LogP contribution in [0.15, 0.2) is 91.0 Å². The molecule has 0 saturated carbocycles. The third kappa shape index (κ3) is 4.94. The van der Waals surface area contributed by atoms with Crippen LogP contribution in [0.25, 0.3) is 0 Å². The van der Waals surface area contributed by atoms with Crippen LogP contribution >= 0.6 is 0 Å². The van der Waals surface area contributed by atoms with Crippen molar-refractivity contribution in [3.05, 3.63) is 108 Å². The van der Waals surface area contributed by atoms with Gasteiger partial charge in [-0.3, -0.25) is 9.59 Å². The summed E-state index contributed by atoms with van der Waals surface area (Å²) in [6, 6.07) is 26.8. The second-order valence-electron chi connectivity index (χ2n) is 7.87. The summed E-state index contributed by atoms with van der Waals surface area (Å²) >= 11 is 0. The van der Waals surface area contributed by atoms with Crippen molar-refractivity contribution >= 4 is 17.5 Å². The molecular formula is C28H22N2O5. The van der Waals surface area contributed by atoms with Crippen molar-refractivity contribution in [3.8, 4) is 28.7 Å². The molecule has 35 heavy (non-hydrogen) atoms. The summed E-state index contributed by atoms with van der Waals surface area (Å²) in [6.07, 6.45) is 0. The molecule has 0 unspecified atom stereocenters. The number of rotatable bonds is 6. The zero-order chi connectivity index (χ0) is 24.2. The first-order valence-electron chi connectivity index (χ1n) is 11.0. The average molecular weight is 466 g/mol. The highest BCUT2D eigenvalue weighted by molar-refractivity contribution is 6.08. The van der Waals surface area contributed by atoms with Crippen LogP contribution in [0, 0.1) is 0 Å². The van der Waals surface area contributed by atoms with Gasteiger partial charge >= 0.3 is 0 Å². The van der Waals surface area contributed by atoms with Crippen molar-refractivity contribution in [2.24, 2.45) is 0 Å². The molecule has 0 bridgehead atoms. The van der Waals surface area contributed by atoms with Gasteiger partial charge in [-0.25, -0.2) is 0 Å². The highest BCUT2D eigenvalue weighted by Crippen LogP contribution is 2.36. The van der Waals surface area contributed by atoms with Gasteiger partial charge in [0.25, 0.3) is 11.8 Å². The van der Waals surface area contributed by atoms with Gasteiger partial charge in [-0.15, -0.1) is 0 Å². The molecule has 1 heterocycles. The van der Waals surface area contributed by atoms with Crippen LogP contribution in [0.4, 0.5) is 5.69 Å². The van der Waals surface area contributed by atoms with E-state index in [9.17, 15) is 9.59 Å². The Morgan fingerprint density at radius 1 is 0.857 bits per heavy atom. The van der Waals surface area contributed by atoms with E-state index in [2.05, 4.69) is 10.6 Å². The van der Waals surface area contributed by atoms with Gasteiger partial charge < -0.3 is 24.8 Å². The molecule has 0 atom stereocenters. The van der Waals surface area contributed by atoms with Crippen LogP contribution in [0.2, 0.25) is 0 Å². The fourth-order valence-electron chi connectivity index (χ4n) is 3.71. The summed E-state index contributed by atoms with van der Waals surface area (Å²) in [5, 5.41) is 5.72. The lowest BCUT2D eigenvalue weighted by Crippen LogP contribution is -2.23. The van der Waals surface area contributed by atoms with Crippen molar-refractivity contribution in [1.82, 2.24) is 5.32 Å². The number of carbonyl (C=O) groups excluding carboxylic acids is 2. The molecule has 7 nitrogen and oxygen atoms in total. The molecule has 5 rings (SSSR count).